The summed E-state index contributed by atoms with van der Waals surface area (Å²) < 4.78 is 5.36. The highest BCUT2D eigenvalue weighted by molar-refractivity contribution is 7.80. The summed E-state index contributed by atoms with van der Waals surface area (Å²) in [5.74, 6) is -1.13. The predicted octanol–water partition coefficient (Wildman–Crippen LogP) is 4.08. The zero-order valence-electron chi connectivity index (χ0n) is 14.4. The quantitative estimate of drug-likeness (QED) is 0.591. The summed E-state index contributed by atoms with van der Waals surface area (Å²) in [7, 11) is 0. The molecule has 2 aromatic carbocycles. The van der Waals surface area contributed by atoms with E-state index in [1.165, 1.54) is 6.07 Å². The fourth-order valence-corrected chi connectivity index (χ4v) is 2.76. The van der Waals surface area contributed by atoms with E-state index in [2.05, 4.69) is 10.6 Å². The van der Waals surface area contributed by atoms with Gasteiger partial charge in [0.25, 0.3) is 5.91 Å². The van der Waals surface area contributed by atoms with Crippen molar-refractivity contribution in [2.45, 2.75) is 6.92 Å². The smallest absolute Gasteiger partial charge is 0.371 e. The Morgan fingerprint density at radius 1 is 1.00 bits per heavy atom. The van der Waals surface area contributed by atoms with Gasteiger partial charge in [-0.3, -0.25) is 10.1 Å². The van der Waals surface area contributed by atoms with Gasteiger partial charge in [-0.15, -0.1) is 0 Å². The van der Waals surface area contributed by atoms with Crippen molar-refractivity contribution in [2.75, 3.05) is 5.32 Å². The van der Waals surface area contributed by atoms with Crippen LogP contribution in [0.5, 0.6) is 0 Å². The van der Waals surface area contributed by atoms with Crippen LogP contribution >= 0.6 is 12.2 Å². The van der Waals surface area contributed by atoms with E-state index < -0.39 is 5.97 Å². The maximum absolute atomic E-state index is 12.2. The third kappa shape index (κ3) is 4.21. The Kier molecular flexibility index (Phi) is 5.33. The Bertz CT molecular complexity index is 1010. The maximum Gasteiger partial charge on any atom is 0.371 e. The summed E-state index contributed by atoms with van der Waals surface area (Å²) in [5, 5.41) is 14.8. The largest absolute Gasteiger partial charge is 0.475 e. The van der Waals surface area contributed by atoms with Crippen LogP contribution in [-0.4, -0.2) is 22.1 Å². The van der Waals surface area contributed by atoms with Crippen LogP contribution in [0.1, 0.15) is 26.5 Å². The van der Waals surface area contributed by atoms with Gasteiger partial charge in [-0.05, 0) is 55.0 Å². The van der Waals surface area contributed by atoms with Crippen LogP contribution < -0.4 is 10.6 Å². The molecule has 7 heteroatoms. The van der Waals surface area contributed by atoms with E-state index in [1.54, 1.807) is 42.5 Å². The van der Waals surface area contributed by atoms with E-state index in [0.29, 0.717) is 17.0 Å². The number of carbonyl (C=O) groups excluding carboxylic acids is 1. The number of aromatic carboxylic acids is 1. The zero-order chi connectivity index (χ0) is 19.4. The third-order valence-corrected chi connectivity index (χ3v) is 4.13. The van der Waals surface area contributed by atoms with Gasteiger partial charge in [0.1, 0.15) is 5.76 Å². The van der Waals surface area contributed by atoms with Crippen LogP contribution in [0, 0.1) is 6.92 Å². The third-order valence-electron chi connectivity index (χ3n) is 3.93. The number of benzene rings is 2. The summed E-state index contributed by atoms with van der Waals surface area (Å²) in [6.45, 7) is 1.85. The minimum Gasteiger partial charge on any atom is -0.475 e. The minimum absolute atomic E-state index is 0.131. The van der Waals surface area contributed by atoms with Gasteiger partial charge in [-0.25, -0.2) is 4.79 Å². The molecule has 0 aliphatic rings. The summed E-state index contributed by atoms with van der Waals surface area (Å²) in [6, 6.07) is 17.2. The molecule has 1 heterocycles. The molecule has 0 saturated carbocycles. The van der Waals surface area contributed by atoms with E-state index in [0.717, 1.165) is 11.1 Å². The number of furan rings is 1. The molecule has 3 N–H and O–H groups in total. The molecule has 1 aromatic heterocycles. The molecule has 0 aliphatic carbocycles. The van der Waals surface area contributed by atoms with Crippen molar-refractivity contribution in [3.05, 3.63) is 77.6 Å². The molecule has 0 aliphatic heterocycles. The predicted molar refractivity (Wildman–Crippen MR) is 106 cm³/mol. The van der Waals surface area contributed by atoms with Gasteiger partial charge < -0.3 is 14.8 Å². The molecular formula is C20H16N2O4S. The first-order valence-electron chi connectivity index (χ1n) is 8.06. The summed E-state index contributed by atoms with van der Waals surface area (Å²) in [5.41, 5.74) is 2.72. The van der Waals surface area contributed by atoms with Gasteiger partial charge >= 0.3 is 5.97 Å². The first-order chi connectivity index (χ1) is 13.0. The fraction of sp³-hybridized carbons (Fsp3) is 0.0500. The van der Waals surface area contributed by atoms with E-state index >= 15 is 0 Å². The lowest BCUT2D eigenvalue weighted by molar-refractivity contribution is 0.0663. The molecule has 3 aromatic rings. The summed E-state index contributed by atoms with van der Waals surface area (Å²) >= 11 is 5.23. The molecule has 0 fully saturated rings. The number of thiocarbonyl (C=S) groups is 1. The number of hydrogen-bond donors (Lipinski definition) is 3. The molecule has 0 unspecified atom stereocenters. The Morgan fingerprint density at radius 2 is 1.74 bits per heavy atom. The molecule has 0 atom stereocenters. The van der Waals surface area contributed by atoms with E-state index in [9.17, 15) is 9.59 Å². The molecule has 1 amide bonds. The van der Waals surface area contributed by atoms with Gasteiger partial charge in [0.15, 0.2) is 5.11 Å². The molecule has 0 saturated heterocycles. The summed E-state index contributed by atoms with van der Waals surface area (Å²) in [4.78, 5) is 23.2. The Hall–Kier alpha value is -3.45. The molecule has 0 bridgehead atoms. The van der Waals surface area contributed by atoms with Crippen molar-refractivity contribution >= 4 is 34.9 Å². The Labute approximate surface area is 160 Å². The van der Waals surface area contributed by atoms with E-state index in [-0.39, 0.29) is 16.8 Å². The monoisotopic (exact) mass is 380 g/mol. The lowest BCUT2D eigenvalue weighted by Gasteiger charge is -2.13. The first-order valence-corrected chi connectivity index (χ1v) is 8.47. The van der Waals surface area contributed by atoms with Crippen molar-refractivity contribution in [1.82, 2.24) is 5.32 Å². The van der Waals surface area contributed by atoms with Crippen molar-refractivity contribution < 1.29 is 19.1 Å². The normalized spacial score (nSPS) is 10.3. The average Bonchev–Trinajstić information content (AvgIpc) is 3.14. The Balaban J connectivity index is 1.76. The molecule has 27 heavy (non-hydrogen) atoms. The summed E-state index contributed by atoms with van der Waals surface area (Å²) in [6.07, 6.45) is 0. The highest BCUT2D eigenvalue weighted by Crippen LogP contribution is 2.30. The fourth-order valence-electron chi connectivity index (χ4n) is 2.55. The van der Waals surface area contributed by atoms with Crippen LogP contribution in [-0.2, 0) is 0 Å². The minimum atomic E-state index is -1.13. The van der Waals surface area contributed by atoms with Crippen molar-refractivity contribution in [3.63, 3.8) is 0 Å². The van der Waals surface area contributed by atoms with Crippen LogP contribution in [0.3, 0.4) is 0 Å². The van der Waals surface area contributed by atoms with Gasteiger partial charge in [-0.1, -0.05) is 30.3 Å². The van der Waals surface area contributed by atoms with Crippen LogP contribution in [0.4, 0.5) is 5.69 Å². The van der Waals surface area contributed by atoms with Crippen LogP contribution in [0.15, 0.2) is 65.1 Å². The number of carboxylic acids is 1. The standard InChI is InChI=1S/C20H16N2O4S/c1-12-14(16-10-11-17(26-16)19(24)25)8-5-9-15(12)21-20(27)22-18(23)13-6-3-2-4-7-13/h2-11H,1H3,(H,24,25)(H2,21,22,23,27). The molecule has 0 spiro atoms. The van der Waals surface area contributed by atoms with Crippen molar-refractivity contribution in [3.8, 4) is 11.3 Å². The SMILES string of the molecule is Cc1c(NC(=S)NC(=O)c2ccccc2)cccc1-c1ccc(C(=O)O)o1. The van der Waals surface area contributed by atoms with Crippen molar-refractivity contribution in [2.24, 2.45) is 0 Å². The first kappa shape index (κ1) is 18.3. The number of carboxylic acid groups (broad SMARTS) is 1. The van der Waals surface area contributed by atoms with Crippen molar-refractivity contribution in [1.29, 1.82) is 0 Å². The topological polar surface area (TPSA) is 91.6 Å². The molecular weight excluding hydrogens is 364 g/mol. The van der Waals surface area contributed by atoms with Crippen LogP contribution in [0.25, 0.3) is 11.3 Å². The zero-order valence-corrected chi connectivity index (χ0v) is 15.2. The lowest BCUT2D eigenvalue weighted by atomic mass is 10.0. The molecule has 6 nitrogen and oxygen atoms in total. The van der Waals surface area contributed by atoms with Gasteiger partial charge in [0.05, 0.1) is 0 Å². The van der Waals surface area contributed by atoms with E-state index in [4.69, 9.17) is 21.7 Å². The highest BCUT2D eigenvalue weighted by Gasteiger charge is 2.14. The molecule has 3 rings (SSSR count). The van der Waals surface area contributed by atoms with Gasteiger partial charge in [-0.2, -0.15) is 0 Å². The van der Waals surface area contributed by atoms with Gasteiger partial charge in [0.2, 0.25) is 5.76 Å². The molecule has 0 radical (unpaired) electrons. The number of rotatable bonds is 4. The second kappa shape index (κ2) is 7.84. The second-order valence-electron chi connectivity index (χ2n) is 5.72. The second-order valence-corrected chi connectivity index (χ2v) is 6.13. The Morgan fingerprint density at radius 3 is 2.41 bits per heavy atom. The number of amides is 1. The maximum atomic E-state index is 12.2. The van der Waals surface area contributed by atoms with Gasteiger partial charge in [0, 0.05) is 16.8 Å². The number of nitrogens with one attached hydrogen (secondary N) is 2. The highest BCUT2D eigenvalue weighted by atomic mass is 32.1. The number of hydrogen-bond acceptors (Lipinski definition) is 4. The van der Waals surface area contributed by atoms with E-state index in [1.807, 2.05) is 19.1 Å². The molecule has 136 valence electrons. The average molecular weight is 380 g/mol. The number of carbonyl (C=O) groups is 2. The van der Waals surface area contributed by atoms with Crippen LogP contribution in [0.2, 0.25) is 0 Å². The number of anilines is 1. The lowest BCUT2D eigenvalue weighted by Crippen LogP contribution is -2.34.